The normalized spacial score (nSPS) is 17.7. The first-order chi connectivity index (χ1) is 8.22. The van der Waals surface area contributed by atoms with E-state index in [2.05, 4.69) is 44.3 Å². The first kappa shape index (κ1) is 10.8. The highest BCUT2D eigenvalue weighted by molar-refractivity contribution is 9.10. The van der Waals surface area contributed by atoms with Gasteiger partial charge in [0.05, 0.1) is 0 Å². The maximum absolute atomic E-state index is 5.72. The quantitative estimate of drug-likeness (QED) is 0.893. The summed E-state index contributed by atoms with van der Waals surface area (Å²) < 4.78 is 1.16. The molecule has 88 valence electrons. The van der Waals surface area contributed by atoms with Crippen molar-refractivity contribution >= 4 is 21.7 Å². The van der Waals surface area contributed by atoms with Crippen molar-refractivity contribution in [3.63, 3.8) is 0 Å². The van der Waals surface area contributed by atoms with Crippen LogP contribution in [0, 0.1) is 0 Å². The maximum atomic E-state index is 5.72. The van der Waals surface area contributed by atoms with E-state index in [1.165, 1.54) is 12.0 Å². The molecule has 0 bridgehead atoms. The van der Waals surface area contributed by atoms with Gasteiger partial charge in [-0.25, -0.2) is 0 Å². The van der Waals surface area contributed by atoms with Crippen LogP contribution in [0.2, 0.25) is 0 Å². The Labute approximate surface area is 109 Å². The number of anilines is 1. The van der Waals surface area contributed by atoms with Gasteiger partial charge in [0.2, 0.25) is 0 Å². The monoisotopic (exact) mass is 291 g/mol. The third-order valence-corrected chi connectivity index (χ3v) is 4.40. The zero-order valence-corrected chi connectivity index (χ0v) is 11.0. The van der Waals surface area contributed by atoms with Crippen molar-refractivity contribution in [1.29, 1.82) is 0 Å². The highest BCUT2D eigenvalue weighted by Gasteiger charge is 2.42. The van der Waals surface area contributed by atoms with Gasteiger partial charge >= 0.3 is 0 Å². The van der Waals surface area contributed by atoms with Gasteiger partial charge in [0.15, 0.2) is 0 Å². The number of nitrogens with two attached hydrogens (primary N) is 1. The molecule has 1 aliphatic carbocycles. The summed E-state index contributed by atoms with van der Waals surface area (Å²) in [6.45, 7) is 0. The van der Waals surface area contributed by atoms with E-state index in [1.54, 1.807) is 0 Å². The summed E-state index contributed by atoms with van der Waals surface area (Å²) in [5.41, 5.74) is 8.25. The number of nitrogens with zero attached hydrogens (tertiary/aromatic N) is 1. The van der Waals surface area contributed by atoms with E-state index in [0.717, 1.165) is 23.0 Å². The van der Waals surface area contributed by atoms with E-state index in [-0.39, 0.29) is 5.41 Å². The van der Waals surface area contributed by atoms with Gasteiger partial charge in [-0.3, -0.25) is 5.10 Å². The van der Waals surface area contributed by atoms with Gasteiger partial charge in [-0.1, -0.05) is 40.5 Å². The van der Waals surface area contributed by atoms with Crippen LogP contribution in [0.4, 0.5) is 5.82 Å². The predicted molar refractivity (Wildman–Crippen MR) is 71.8 cm³/mol. The molecular formula is C13H14BrN3. The van der Waals surface area contributed by atoms with E-state index >= 15 is 0 Å². The van der Waals surface area contributed by atoms with Crippen LogP contribution in [-0.4, -0.2) is 10.2 Å². The molecule has 0 amide bonds. The molecule has 1 fully saturated rings. The lowest BCUT2D eigenvalue weighted by atomic mass is 9.62. The number of nitrogens with one attached hydrogen (secondary N) is 1. The van der Waals surface area contributed by atoms with Crippen LogP contribution in [0.1, 0.15) is 30.5 Å². The molecule has 1 aliphatic rings. The van der Waals surface area contributed by atoms with Crippen molar-refractivity contribution < 1.29 is 0 Å². The Bertz CT molecular complexity index is 543. The summed E-state index contributed by atoms with van der Waals surface area (Å²) in [6, 6.07) is 10.4. The van der Waals surface area contributed by atoms with Gasteiger partial charge < -0.3 is 5.73 Å². The van der Waals surface area contributed by atoms with E-state index in [0.29, 0.717) is 5.82 Å². The Morgan fingerprint density at radius 3 is 2.59 bits per heavy atom. The molecule has 17 heavy (non-hydrogen) atoms. The van der Waals surface area contributed by atoms with Crippen molar-refractivity contribution in [1.82, 2.24) is 10.2 Å². The summed E-state index contributed by atoms with van der Waals surface area (Å²) in [6.07, 6.45) is 3.55. The van der Waals surface area contributed by atoms with E-state index in [1.807, 2.05) is 12.1 Å². The zero-order chi connectivity index (χ0) is 11.9. The van der Waals surface area contributed by atoms with Gasteiger partial charge in [-0.05, 0) is 24.5 Å². The molecule has 3 nitrogen and oxygen atoms in total. The van der Waals surface area contributed by atoms with E-state index in [9.17, 15) is 0 Å². The topological polar surface area (TPSA) is 54.7 Å². The van der Waals surface area contributed by atoms with Crippen LogP contribution in [0.15, 0.2) is 34.8 Å². The first-order valence-electron chi connectivity index (χ1n) is 5.79. The molecule has 3 rings (SSSR count). The van der Waals surface area contributed by atoms with Gasteiger partial charge in [-0.2, -0.15) is 5.10 Å². The summed E-state index contributed by atoms with van der Waals surface area (Å²) in [5, 5.41) is 7.14. The summed E-state index contributed by atoms with van der Waals surface area (Å²) in [4.78, 5) is 0. The number of halogens is 1. The predicted octanol–water partition coefficient (Wildman–Crippen LogP) is 3.22. The Balaban J connectivity index is 2.12. The highest BCUT2D eigenvalue weighted by atomic mass is 79.9. The Morgan fingerprint density at radius 1 is 1.29 bits per heavy atom. The number of rotatable bonds is 2. The van der Waals surface area contributed by atoms with Gasteiger partial charge in [0, 0.05) is 21.6 Å². The second-order valence-corrected chi connectivity index (χ2v) is 5.48. The minimum atomic E-state index is 0.0741. The number of hydrogen-bond acceptors (Lipinski definition) is 2. The average Bonchev–Trinajstić information content (AvgIpc) is 2.67. The molecule has 2 aromatic rings. The zero-order valence-electron chi connectivity index (χ0n) is 9.41. The Morgan fingerprint density at radius 2 is 2.06 bits per heavy atom. The fourth-order valence-corrected chi connectivity index (χ4v) is 3.31. The largest absolute Gasteiger partial charge is 0.382 e. The Hall–Kier alpha value is -1.29. The molecule has 0 unspecified atom stereocenters. The molecule has 4 heteroatoms. The molecule has 0 aliphatic heterocycles. The van der Waals surface area contributed by atoms with Crippen LogP contribution < -0.4 is 5.73 Å². The average molecular weight is 292 g/mol. The lowest BCUT2D eigenvalue weighted by Crippen LogP contribution is -2.36. The lowest BCUT2D eigenvalue weighted by Gasteiger charge is -2.42. The fourth-order valence-electron chi connectivity index (χ4n) is 2.65. The summed E-state index contributed by atoms with van der Waals surface area (Å²) in [5.74, 6) is 0.568. The Kier molecular flexibility index (Phi) is 2.47. The van der Waals surface area contributed by atoms with Crippen LogP contribution in [0.5, 0.6) is 0 Å². The first-order valence-corrected chi connectivity index (χ1v) is 6.58. The minimum Gasteiger partial charge on any atom is -0.382 e. The molecule has 1 heterocycles. The number of aromatic amines is 1. The van der Waals surface area contributed by atoms with Crippen LogP contribution >= 0.6 is 15.9 Å². The highest BCUT2D eigenvalue weighted by Crippen LogP contribution is 2.50. The standard InChI is InChI=1S/C13H14BrN3/c14-10-5-2-1-4-9(10)13(6-3-7-13)11-8-12(15)17-16-11/h1-2,4-5,8H,3,6-7H2,(H3,15,16,17). The van der Waals surface area contributed by atoms with Crippen molar-refractivity contribution in [3.8, 4) is 0 Å². The third kappa shape index (κ3) is 1.59. The molecule has 0 radical (unpaired) electrons. The molecule has 3 N–H and O–H groups in total. The second kappa shape index (κ2) is 3.88. The van der Waals surface area contributed by atoms with Crippen molar-refractivity contribution in [2.75, 3.05) is 5.73 Å². The van der Waals surface area contributed by atoms with E-state index < -0.39 is 0 Å². The number of benzene rings is 1. The molecule has 1 aromatic carbocycles. The van der Waals surface area contributed by atoms with Gasteiger partial charge in [-0.15, -0.1) is 0 Å². The summed E-state index contributed by atoms with van der Waals surface area (Å²) >= 11 is 3.65. The molecular weight excluding hydrogens is 278 g/mol. The SMILES string of the molecule is Nc1cc(C2(c3ccccc3Br)CCC2)[nH]n1. The smallest absolute Gasteiger partial charge is 0.145 e. The lowest BCUT2D eigenvalue weighted by molar-refractivity contribution is 0.292. The number of hydrogen-bond donors (Lipinski definition) is 2. The van der Waals surface area contributed by atoms with Crippen molar-refractivity contribution in [2.24, 2.45) is 0 Å². The summed E-state index contributed by atoms with van der Waals surface area (Å²) in [7, 11) is 0. The fraction of sp³-hybridized carbons (Fsp3) is 0.308. The maximum Gasteiger partial charge on any atom is 0.145 e. The molecule has 0 saturated heterocycles. The minimum absolute atomic E-state index is 0.0741. The second-order valence-electron chi connectivity index (χ2n) is 4.62. The molecule has 1 aromatic heterocycles. The van der Waals surface area contributed by atoms with Crippen LogP contribution in [0.3, 0.4) is 0 Å². The van der Waals surface area contributed by atoms with Crippen LogP contribution in [0.25, 0.3) is 0 Å². The van der Waals surface area contributed by atoms with E-state index in [4.69, 9.17) is 5.73 Å². The van der Waals surface area contributed by atoms with Gasteiger partial charge in [0.25, 0.3) is 0 Å². The molecule has 0 atom stereocenters. The van der Waals surface area contributed by atoms with Crippen molar-refractivity contribution in [3.05, 3.63) is 46.1 Å². The third-order valence-electron chi connectivity index (χ3n) is 3.71. The number of H-pyrrole nitrogens is 1. The number of aromatic nitrogens is 2. The van der Waals surface area contributed by atoms with Crippen molar-refractivity contribution in [2.45, 2.75) is 24.7 Å². The van der Waals surface area contributed by atoms with Gasteiger partial charge in [0.1, 0.15) is 5.82 Å². The van der Waals surface area contributed by atoms with Crippen LogP contribution in [-0.2, 0) is 5.41 Å². The molecule has 1 saturated carbocycles. The molecule has 0 spiro atoms. The number of nitrogen functional groups attached to an aromatic ring is 1.